The van der Waals surface area contributed by atoms with E-state index >= 15 is 0 Å². The van der Waals surface area contributed by atoms with Crippen LogP contribution in [0.25, 0.3) is 11.3 Å². The van der Waals surface area contributed by atoms with Crippen molar-refractivity contribution in [3.8, 4) is 17.0 Å². The molecular weight excluding hydrogens is 358 g/mol. The minimum absolute atomic E-state index is 0.0920. The first-order valence-corrected chi connectivity index (χ1v) is 8.58. The lowest BCUT2D eigenvalue weighted by Gasteiger charge is -2.09. The molecule has 1 heterocycles. The second-order valence-electron chi connectivity index (χ2n) is 6.15. The van der Waals surface area contributed by atoms with Crippen LogP contribution < -0.4 is 15.6 Å². The zero-order chi connectivity index (χ0) is 20.1. The van der Waals surface area contributed by atoms with E-state index in [4.69, 9.17) is 4.74 Å². The van der Waals surface area contributed by atoms with Crippen LogP contribution >= 0.6 is 0 Å². The highest BCUT2D eigenvalue weighted by atomic mass is 16.5. The number of hydrogen-bond acceptors (Lipinski definition) is 5. The van der Waals surface area contributed by atoms with Gasteiger partial charge in [-0.05, 0) is 43.3 Å². The normalized spacial score (nSPS) is 10.4. The SMILES string of the molecule is COc1ccc(-c2cc(=O)n(CC(=O)Nc3cccc(C(C)=O)c3)cn2)cc1. The number of ether oxygens (including phenoxy) is 1. The van der Waals surface area contributed by atoms with E-state index in [0.717, 1.165) is 5.56 Å². The molecule has 0 aliphatic carbocycles. The van der Waals surface area contributed by atoms with Crippen molar-refractivity contribution >= 4 is 17.4 Å². The maximum absolute atomic E-state index is 12.3. The second-order valence-corrected chi connectivity index (χ2v) is 6.15. The molecule has 7 nitrogen and oxygen atoms in total. The van der Waals surface area contributed by atoms with E-state index in [-0.39, 0.29) is 23.8 Å². The fourth-order valence-electron chi connectivity index (χ4n) is 2.64. The average molecular weight is 377 g/mol. The van der Waals surface area contributed by atoms with Crippen LogP contribution in [0.15, 0.2) is 65.7 Å². The lowest BCUT2D eigenvalue weighted by atomic mass is 10.1. The molecule has 0 saturated heterocycles. The Morgan fingerprint density at radius 3 is 2.50 bits per heavy atom. The molecule has 142 valence electrons. The van der Waals surface area contributed by atoms with Crippen molar-refractivity contribution in [2.24, 2.45) is 0 Å². The van der Waals surface area contributed by atoms with Gasteiger partial charge in [-0.2, -0.15) is 0 Å². The summed E-state index contributed by atoms with van der Waals surface area (Å²) in [5.74, 6) is 0.232. The summed E-state index contributed by atoms with van der Waals surface area (Å²) in [6.45, 7) is 1.27. The van der Waals surface area contributed by atoms with Crippen LogP contribution in [0.2, 0.25) is 0 Å². The lowest BCUT2D eigenvalue weighted by molar-refractivity contribution is -0.116. The predicted molar refractivity (Wildman–Crippen MR) is 106 cm³/mol. The fraction of sp³-hybridized carbons (Fsp3) is 0.143. The fourth-order valence-corrected chi connectivity index (χ4v) is 2.64. The molecule has 0 bridgehead atoms. The predicted octanol–water partition coefficient (Wildman–Crippen LogP) is 2.76. The minimum atomic E-state index is -0.387. The Bertz CT molecular complexity index is 1070. The number of benzene rings is 2. The summed E-state index contributed by atoms with van der Waals surface area (Å²) in [7, 11) is 1.58. The van der Waals surface area contributed by atoms with Crippen LogP contribution in [-0.4, -0.2) is 28.4 Å². The molecule has 3 rings (SSSR count). The number of amides is 1. The van der Waals surface area contributed by atoms with Crippen LogP contribution in [0.1, 0.15) is 17.3 Å². The zero-order valence-corrected chi connectivity index (χ0v) is 15.5. The highest BCUT2D eigenvalue weighted by molar-refractivity contribution is 5.97. The monoisotopic (exact) mass is 377 g/mol. The van der Waals surface area contributed by atoms with Crippen molar-refractivity contribution in [2.75, 3.05) is 12.4 Å². The van der Waals surface area contributed by atoms with E-state index in [0.29, 0.717) is 22.7 Å². The maximum Gasteiger partial charge on any atom is 0.254 e. The van der Waals surface area contributed by atoms with Crippen LogP contribution in [-0.2, 0) is 11.3 Å². The summed E-state index contributed by atoms with van der Waals surface area (Å²) in [6, 6.07) is 15.2. The van der Waals surface area contributed by atoms with Crippen molar-refractivity contribution in [1.82, 2.24) is 9.55 Å². The van der Waals surface area contributed by atoms with E-state index in [1.807, 2.05) is 0 Å². The number of hydrogen-bond donors (Lipinski definition) is 1. The summed E-state index contributed by atoms with van der Waals surface area (Å²) in [4.78, 5) is 40.3. The number of ketones is 1. The Morgan fingerprint density at radius 2 is 1.86 bits per heavy atom. The molecule has 0 atom stereocenters. The molecule has 28 heavy (non-hydrogen) atoms. The second kappa shape index (κ2) is 8.30. The van der Waals surface area contributed by atoms with Gasteiger partial charge in [0, 0.05) is 22.9 Å². The number of rotatable bonds is 6. The third-order valence-corrected chi connectivity index (χ3v) is 4.13. The molecule has 1 N–H and O–H groups in total. The zero-order valence-electron chi connectivity index (χ0n) is 15.5. The smallest absolute Gasteiger partial charge is 0.254 e. The molecule has 0 fully saturated rings. The van der Waals surface area contributed by atoms with Gasteiger partial charge >= 0.3 is 0 Å². The quantitative estimate of drug-likeness (QED) is 0.667. The highest BCUT2D eigenvalue weighted by Gasteiger charge is 2.09. The van der Waals surface area contributed by atoms with Gasteiger partial charge in [-0.15, -0.1) is 0 Å². The molecule has 0 radical (unpaired) electrons. The molecule has 2 aromatic carbocycles. The van der Waals surface area contributed by atoms with Crippen LogP contribution in [0.3, 0.4) is 0 Å². The van der Waals surface area contributed by atoms with Crippen molar-refractivity contribution in [2.45, 2.75) is 13.5 Å². The van der Waals surface area contributed by atoms with Crippen LogP contribution in [0, 0.1) is 0 Å². The number of aromatic nitrogens is 2. The van der Waals surface area contributed by atoms with E-state index in [1.165, 1.54) is 23.9 Å². The average Bonchev–Trinajstić information content (AvgIpc) is 2.69. The Kier molecular flexibility index (Phi) is 5.64. The highest BCUT2D eigenvalue weighted by Crippen LogP contribution is 2.19. The third-order valence-electron chi connectivity index (χ3n) is 4.13. The van der Waals surface area contributed by atoms with Gasteiger partial charge in [0.2, 0.25) is 5.91 Å². The minimum Gasteiger partial charge on any atom is -0.497 e. The topological polar surface area (TPSA) is 90.3 Å². The summed E-state index contributed by atoms with van der Waals surface area (Å²) >= 11 is 0. The maximum atomic E-state index is 12.3. The van der Waals surface area contributed by atoms with Gasteiger partial charge in [0.15, 0.2) is 5.78 Å². The number of nitrogens with zero attached hydrogens (tertiary/aromatic N) is 2. The molecule has 3 aromatic rings. The number of anilines is 1. The van der Waals surface area contributed by atoms with Gasteiger partial charge in [-0.25, -0.2) is 4.98 Å². The van der Waals surface area contributed by atoms with Gasteiger partial charge in [0.25, 0.3) is 5.56 Å². The molecule has 0 aliphatic heterocycles. The van der Waals surface area contributed by atoms with Crippen molar-refractivity contribution in [3.05, 3.63) is 76.8 Å². The molecule has 0 unspecified atom stereocenters. The lowest BCUT2D eigenvalue weighted by Crippen LogP contribution is -2.27. The Labute approximate surface area is 161 Å². The number of methoxy groups -OCH3 is 1. The van der Waals surface area contributed by atoms with Crippen LogP contribution in [0.5, 0.6) is 5.75 Å². The number of carbonyl (C=O) groups excluding carboxylic acids is 2. The van der Waals surface area contributed by atoms with Crippen molar-refractivity contribution < 1.29 is 14.3 Å². The van der Waals surface area contributed by atoms with Crippen molar-refractivity contribution in [1.29, 1.82) is 0 Å². The summed E-state index contributed by atoms with van der Waals surface area (Å²) < 4.78 is 6.33. The van der Waals surface area contributed by atoms with Crippen molar-refractivity contribution in [3.63, 3.8) is 0 Å². The van der Waals surface area contributed by atoms with E-state index < -0.39 is 0 Å². The van der Waals surface area contributed by atoms with Gasteiger partial charge in [-0.3, -0.25) is 19.0 Å². The molecule has 1 aromatic heterocycles. The Hall–Kier alpha value is -3.74. The third kappa shape index (κ3) is 4.50. The van der Waals surface area contributed by atoms with Gasteiger partial charge in [-0.1, -0.05) is 12.1 Å². The Morgan fingerprint density at radius 1 is 1.11 bits per heavy atom. The largest absolute Gasteiger partial charge is 0.497 e. The van der Waals surface area contributed by atoms with E-state index in [1.54, 1.807) is 55.6 Å². The Balaban J connectivity index is 1.72. The molecule has 0 saturated carbocycles. The van der Waals surface area contributed by atoms with Crippen LogP contribution in [0.4, 0.5) is 5.69 Å². The first kappa shape index (κ1) is 19.0. The number of nitrogens with one attached hydrogen (secondary N) is 1. The van der Waals surface area contributed by atoms with E-state index in [9.17, 15) is 14.4 Å². The summed E-state index contributed by atoms with van der Waals surface area (Å²) in [6.07, 6.45) is 1.34. The molecular formula is C21H19N3O4. The summed E-state index contributed by atoms with van der Waals surface area (Å²) in [5.41, 5.74) is 1.94. The molecule has 0 aliphatic rings. The molecule has 1 amide bonds. The standard InChI is InChI=1S/C21H19N3O4/c1-14(25)16-4-3-5-17(10-16)23-20(26)12-24-13-22-19(11-21(24)27)15-6-8-18(28-2)9-7-15/h3-11,13H,12H2,1-2H3,(H,23,26). The van der Waals surface area contributed by atoms with Gasteiger partial charge in [0.05, 0.1) is 19.1 Å². The molecule has 0 spiro atoms. The summed E-state index contributed by atoms with van der Waals surface area (Å²) in [5, 5.41) is 2.68. The molecule has 7 heteroatoms. The van der Waals surface area contributed by atoms with E-state index in [2.05, 4.69) is 10.3 Å². The number of carbonyl (C=O) groups is 2. The number of Topliss-reactive ketones (excluding diaryl/α,β-unsaturated/α-hetero) is 1. The first-order valence-electron chi connectivity index (χ1n) is 8.58. The van der Waals surface area contributed by atoms with Gasteiger partial charge in [0.1, 0.15) is 12.3 Å². The first-order chi connectivity index (χ1) is 13.5. The van der Waals surface area contributed by atoms with Gasteiger partial charge < -0.3 is 10.1 Å².